The normalized spacial score (nSPS) is 24.3. The van der Waals surface area contributed by atoms with Crippen LogP contribution in [0.5, 0.6) is 0 Å². The number of pyridine rings is 1. The summed E-state index contributed by atoms with van der Waals surface area (Å²) in [5.41, 5.74) is 5.69. The number of hydrogen-bond donors (Lipinski definition) is 2. The first-order valence-corrected chi connectivity index (χ1v) is 7.20. The van der Waals surface area contributed by atoms with Gasteiger partial charge in [-0.2, -0.15) is 0 Å². The minimum atomic E-state index is -3.61. The highest BCUT2D eigenvalue weighted by Gasteiger charge is 2.34. The molecule has 1 atom stereocenters. The molecule has 2 rings (SSSR count). The van der Waals surface area contributed by atoms with E-state index in [0.29, 0.717) is 26.2 Å². The van der Waals surface area contributed by atoms with Gasteiger partial charge in [-0.15, -0.1) is 0 Å². The van der Waals surface area contributed by atoms with Gasteiger partial charge in [-0.25, -0.2) is 18.1 Å². The molecule has 1 aliphatic heterocycles. The third-order valence-corrected chi connectivity index (χ3v) is 4.46. The number of nitrogens with zero attached hydrogens (tertiary/aromatic N) is 1. The maximum atomic E-state index is 12.1. The molecule has 0 bridgehead atoms. The summed E-state index contributed by atoms with van der Waals surface area (Å²) >= 11 is 0. The van der Waals surface area contributed by atoms with Crippen molar-refractivity contribution in [2.75, 3.05) is 13.2 Å². The third kappa shape index (κ3) is 2.86. The lowest BCUT2D eigenvalue weighted by molar-refractivity contribution is 0.178. The standard InChI is InChI=1S/C11H17N3O3S/c1-11(4-5-17-8-11)14-18(15,16)10-3-2-9(6-12)7-13-10/h2-3,7,14H,4-6,8,12H2,1H3. The van der Waals surface area contributed by atoms with Crippen LogP contribution in [0.2, 0.25) is 0 Å². The van der Waals surface area contributed by atoms with E-state index in [9.17, 15) is 8.42 Å². The molecule has 1 fully saturated rings. The molecule has 100 valence electrons. The molecule has 6 nitrogen and oxygen atoms in total. The summed E-state index contributed by atoms with van der Waals surface area (Å²) in [4.78, 5) is 3.92. The summed E-state index contributed by atoms with van der Waals surface area (Å²) in [7, 11) is -3.61. The molecule has 1 aliphatic rings. The fourth-order valence-electron chi connectivity index (χ4n) is 1.81. The summed E-state index contributed by atoms with van der Waals surface area (Å²) in [6.07, 6.45) is 2.13. The topological polar surface area (TPSA) is 94.3 Å². The Bertz CT molecular complexity index is 507. The predicted octanol–water partition coefficient (Wildman–Crippen LogP) is -0.00240. The fraction of sp³-hybridized carbons (Fsp3) is 0.545. The molecule has 0 radical (unpaired) electrons. The fourth-order valence-corrected chi connectivity index (χ4v) is 3.17. The van der Waals surface area contributed by atoms with Crippen molar-refractivity contribution >= 4 is 10.0 Å². The maximum absolute atomic E-state index is 12.1. The smallest absolute Gasteiger partial charge is 0.258 e. The van der Waals surface area contributed by atoms with Crippen LogP contribution in [-0.2, 0) is 21.3 Å². The van der Waals surface area contributed by atoms with E-state index in [1.54, 1.807) is 6.07 Å². The lowest BCUT2D eigenvalue weighted by atomic mass is 10.0. The second kappa shape index (κ2) is 4.93. The summed E-state index contributed by atoms with van der Waals surface area (Å²) in [6, 6.07) is 3.12. The van der Waals surface area contributed by atoms with Gasteiger partial charge >= 0.3 is 0 Å². The maximum Gasteiger partial charge on any atom is 0.258 e. The summed E-state index contributed by atoms with van der Waals surface area (Å²) in [6.45, 7) is 3.11. The zero-order valence-electron chi connectivity index (χ0n) is 10.2. The Morgan fingerprint density at radius 3 is 2.83 bits per heavy atom. The quantitative estimate of drug-likeness (QED) is 0.803. The van der Waals surface area contributed by atoms with Gasteiger partial charge in [0.15, 0.2) is 5.03 Å². The monoisotopic (exact) mass is 271 g/mol. The Kier molecular flexibility index (Phi) is 3.67. The van der Waals surface area contributed by atoms with Gasteiger partial charge in [0.25, 0.3) is 10.0 Å². The highest BCUT2D eigenvalue weighted by molar-refractivity contribution is 7.89. The predicted molar refractivity (Wildman–Crippen MR) is 66.3 cm³/mol. The molecule has 1 saturated heterocycles. The Labute approximate surface area is 107 Å². The molecule has 18 heavy (non-hydrogen) atoms. The van der Waals surface area contributed by atoms with Gasteiger partial charge in [0.05, 0.1) is 12.1 Å². The van der Waals surface area contributed by atoms with E-state index in [4.69, 9.17) is 10.5 Å². The number of hydrogen-bond acceptors (Lipinski definition) is 5. The van der Waals surface area contributed by atoms with Crippen LogP contribution in [0.25, 0.3) is 0 Å². The van der Waals surface area contributed by atoms with Crippen molar-refractivity contribution in [3.8, 4) is 0 Å². The van der Waals surface area contributed by atoms with Crippen molar-refractivity contribution < 1.29 is 13.2 Å². The highest BCUT2D eigenvalue weighted by Crippen LogP contribution is 2.20. The molecular weight excluding hydrogens is 254 g/mol. The van der Waals surface area contributed by atoms with Crippen molar-refractivity contribution in [1.29, 1.82) is 0 Å². The average Bonchev–Trinajstić information content (AvgIpc) is 2.75. The number of nitrogens with one attached hydrogen (secondary N) is 1. The second-order valence-electron chi connectivity index (χ2n) is 4.68. The Morgan fingerprint density at radius 2 is 2.33 bits per heavy atom. The van der Waals surface area contributed by atoms with E-state index < -0.39 is 15.6 Å². The van der Waals surface area contributed by atoms with E-state index in [0.717, 1.165) is 5.56 Å². The minimum absolute atomic E-state index is 0.00725. The van der Waals surface area contributed by atoms with Crippen LogP contribution in [0.1, 0.15) is 18.9 Å². The van der Waals surface area contributed by atoms with E-state index in [2.05, 4.69) is 9.71 Å². The molecule has 1 unspecified atom stereocenters. The summed E-state index contributed by atoms with van der Waals surface area (Å²) < 4.78 is 32.1. The number of rotatable bonds is 4. The first-order chi connectivity index (χ1) is 8.45. The molecule has 0 aromatic carbocycles. The van der Waals surface area contributed by atoms with Gasteiger partial charge < -0.3 is 10.5 Å². The molecule has 1 aromatic heterocycles. The van der Waals surface area contributed by atoms with E-state index >= 15 is 0 Å². The minimum Gasteiger partial charge on any atom is -0.379 e. The number of sulfonamides is 1. The third-order valence-electron chi connectivity index (χ3n) is 2.91. The van der Waals surface area contributed by atoms with Crippen LogP contribution in [0.3, 0.4) is 0 Å². The van der Waals surface area contributed by atoms with Gasteiger partial charge in [-0.1, -0.05) is 6.07 Å². The molecular formula is C11H17N3O3S. The number of ether oxygens (including phenoxy) is 1. The molecule has 2 heterocycles. The van der Waals surface area contributed by atoms with Crippen LogP contribution in [0.4, 0.5) is 0 Å². The average molecular weight is 271 g/mol. The lowest BCUT2D eigenvalue weighted by Crippen LogP contribution is -2.46. The largest absolute Gasteiger partial charge is 0.379 e. The lowest BCUT2D eigenvalue weighted by Gasteiger charge is -2.22. The molecule has 7 heteroatoms. The van der Waals surface area contributed by atoms with Crippen molar-refractivity contribution in [2.45, 2.75) is 30.5 Å². The first kappa shape index (κ1) is 13.4. The van der Waals surface area contributed by atoms with Crippen molar-refractivity contribution in [2.24, 2.45) is 5.73 Å². The highest BCUT2D eigenvalue weighted by atomic mass is 32.2. The van der Waals surface area contributed by atoms with E-state index in [-0.39, 0.29) is 5.03 Å². The van der Waals surface area contributed by atoms with Gasteiger partial charge in [-0.05, 0) is 25.0 Å². The van der Waals surface area contributed by atoms with Crippen LogP contribution >= 0.6 is 0 Å². The summed E-state index contributed by atoms with van der Waals surface area (Å²) in [5, 5.41) is 0.00725. The van der Waals surface area contributed by atoms with Crippen LogP contribution in [-0.4, -0.2) is 32.2 Å². The van der Waals surface area contributed by atoms with Crippen LogP contribution in [0.15, 0.2) is 23.4 Å². The van der Waals surface area contributed by atoms with Crippen molar-refractivity contribution in [3.63, 3.8) is 0 Å². The Morgan fingerprint density at radius 1 is 1.56 bits per heavy atom. The number of aromatic nitrogens is 1. The summed E-state index contributed by atoms with van der Waals surface area (Å²) in [5.74, 6) is 0. The molecule has 1 aromatic rings. The van der Waals surface area contributed by atoms with Crippen molar-refractivity contribution in [3.05, 3.63) is 23.9 Å². The second-order valence-corrected chi connectivity index (χ2v) is 6.31. The Balaban J connectivity index is 2.19. The first-order valence-electron chi connectivity index (χ1n) is 5.72. The van der Waals surface area contributed by atoms with Crippen LogP contribution < -0.4 is 10.5 Å². The molecule has 0 amide bonds. The molecule has 0 spiro atoms. The van der Waals surface area contributed by atoms with Gasteiger partial charge in [0, 0.05) is 19.3 Å². The molecule has 0 aliphatic carbocycles. The van der Waals surface area contributed by atoms with E-state index in [1.807, 2.05) is 6.92 Å². The molecule has 3 N–H and O–H groups in total. The zero-order valence-corrected chi connectivity index (χ0v) is 11.0. The van der Waals surface area contributed by atoms with Crippen LogP contribution in [0, 0.1) is 0 Å². The SMILES string of the molecule is CC1(NS(=O)(=O)c2ccc(CN)cn2)CCOC1. The van der Waals surface area contributed by atoms with Gasteiger partial charge in [0.1, 0.15) is 0 Å². The number of nitrogens with two attached hydrogens (primary N) is 1. The van der Waals surface area contributed by atoms with Crippen molar-refractivity contribution in [1.82, 2.24) is 9.71 Å². The van der Waals surface area contributed by atoms with E-state index in [1.165, 1.54) is 12.3 Å². The Hall–Kier alpha value is -1.02. The molecule has 0 saturated carbocycles. The van der Waals surface area contributed by atoms with Gasteiger partial charge in [-0.3, -0.25) is 0 Å². The van der Waals surface area contributed by atoms with Gasteiger partial charge in [0.2, 0.25) is 0 Å². The zero-order chi connectivity index (χ0) is 13.2.